The monoisotopic (exact) mass is 498 g/mol. The standard InChI is InChI=1S/C29H26N2O4S/c1-19-18-36-28-24(30-23(32)17-20-11-5-2-6-12-20)27(33)31(28)25(19)29(34)35-26(21-13-7-3-8-14-21)22-15-9-4-10-16-22/h2-16,18,24-26,28H,17H2,1H3,(H,30,32)/t24?,25?,28-/m1/s1. The van der Waals surface area contributed by atoms with Gasteiger partial charge in [-0.25, -0.2) is 4.79 Å². The summed E-state index contributed by atoms with van der Waals surface area (Å²) in [5.41, 5.74) is 3.31. The van der Waals surface area contributed by atoms with E-state index in [1.165, 1.54) is 16.7 Å². The lowest BCUT2D eigenvalue weighted by Crippen LogP contribution is -2.74. The van der Waals surface area contributed by atoms with Crippen molar-refractivity contribution in [1.29, 1.82) is 0 Å². The Morgan fingerprint density at radius 2 is 1.47 bits per heavy atom. The van der Waals surface area contributed by atoms with Gasteiger partial charge in [-0.2, -0.15) is 0 Å². The van der Waals surface area contributed by atoms with Gasteiger partial charge in [-0.15, -0.1) is 11.8 Å². The molecule has 182 valence electrons. The number of hydrogen-bond donors (Lipinski definition) is 1. The molecule has 0 saturated carbocycles. The molecule has 2 heterocycles. The molecule has 0 spiro atoms. The zero-order valence-electron chi connectivity index (χ0n) is 19.7. The van der Waals surface area contributed by atoms with E-state index in [0.717, 1.165) is 22.3 Å². The number of fused-ring (bicyclic) bond motifs is 1. The van der Waals surface area contributed by atoms with Crippen molar-refractivity contribution in [2.75, 3.05) is 0 Å². The number of thioether (sulfide) groups is 1. The maximum absolute atomic E-state index is 13.5. The van der Waals surface area contributed by atoms with Gasteiger partial charge >= 0.3 is 5.97 Å². The van der Waals surface area contributed by atoms with Crippen LogP contribution in [0.4, 0.5) is 0 Å². The Kier molecular flexibility index (Phi) is 6.91. The normalized spacial score (nSPS) is 20.7. The van der Waals surface area contributed by atoms with E-state index >= 15 is 0 Å². The fourth-order valence-corrected chi connectivity index (χ4v) is 5.75. The van der Waals surface area contributed by atoms with Gasteiger partial charge in [-0.05, 0) is 34.6 Å². The van der Waals surface area contributed by atoms with E-state index in [1.54, 1.807) is 0 Å². The molecule has 2 aliphatic heterocycles. The van der Waals surface area contributed by atoms with Crippen molar-refractivity contribution in [1.82, 2.24) is 10.2 Å². The van der Waals surface area contributed by atoms with Crippen LogP contribution in [-0.4, -0.2) is 40.1 Å². The largest absolute Gasteiger partial charge is 0.451 e. The highest BCUT2D eigenvalue weighted by Gasteiger charge is 2.55. The summed E-state index contributed by atoms with van der Waals surface area (Å²) in [6, 6.07) is 27.0. The molecule has 5 rings (SSSR count). The molecule has 0 radical (unpaired) electrons. The van der Waals surface area contributed by atoms with Crippen LogP contribution in [0.5, 0.6) is 0 Å². The number of β-lactam (4-membered cyclic amide) rings is 1. The molecule has 0 bridgehead atoms. The van der Waals surface area contributed by atoms with Crippen LogP contribution in [0.15, 0.2) is 102 Å². The fraction of sp³-hybridized carbons (Fsp3) is 0.207. The van der Waals surface area contributed by atoms with Gasteiger partial charge in [0.1, 0.15) is 11.4 Å². The lowest BCUT2D eigenvalue weighted by Gasteiger charge is -2.51. The topological polar surface area (TPSA) is 75.7 Å². The smallest absolute Gasteiger partial charge is 0.334 e. The van der Waals surface area contributed by atoms with Crippen molar-refractivity contribution in [3.05, 3.63) is 119 Å². The van der Waals surface area contributed by atoms with Gasteiger partial charge in [0.05, 0.1) is 6.42 Å². The molecule has 1 fully saturated rings. The molecule has 3 aromatic carbocycles. The average Bonchev–Trinajstić information content (AvgIpc) is 2.91. The van der Waals surface area contributed by atoms with Crippen molar-refractivity contribution in [2.24, 2.45) is 0 Å². The molecule has 2 aliphatic rings. The van der Waals surface area contributed by atoms with Gasteiger partial charge < -0.3 is 15.0 Å². The van der Waals surface area contributed by atoms with Crippen molar-refractivity contribution in [2.45, 2.75) is 36.9 Å². The van der Waals surface area contributed by atoms with E-state index in [2.05, 4.69) is 5.32 Å². The van der Waals surface area contributed by atoms with Crippen LogP contribution >= 0.6 is 11.8 Å². The van der Waals surface area contributed by atoms with Gasteiger partial charge in [-0.3, -0.25) is 9.59 Å². The molecule has 2 amide bonds. The van der Waals surface area contributed by atoms with Crippen LogP contribution in [0.25, 0.3) is 0 Å². The molecule has 0 aliphatic carbocycles. The Hall–Kier alpha value is -3.84. The first-order valence-corrected chi connectivity index (χ1v) is 12.7. The Morgan fingerprint density at radius 3 is 2.06 bits per heavy atom. The Balaban J connectivity index is 1.31. The molecule has 0 aromatic heterocycles. The second-order valence-corrected chi connectivity index (χ2v) is 9.87. The van der Waals surface area contributed by atoms with Crippen LogP contribution in [-0.2, 0) is 25.5 Å². The van der Waals surface area contributed by atoms with Gasteiger partial charge in [0.2, 0.25) is 11.8 Å². The van der Waals surface area contributed by atoms with Crippen LogP contribution in [0.2, 0.25) is 0 Å². The van der Waals surface area contributed by atoms with Crippen molar-refractivity contribution in [3.63, 3.8) is 0 Å². The summed E-state index contributed by atoms with van der Waals surface area (Å²) in [6.45, 7) is 1.82. The fourth-order valence-electron chi connectivity index (χ4n) is 4.57. The van der Waals surface area contributed by atoms with Gasteiger partial charge in [0.15, 0.2) is 12.1 Å². The zero-order valence-corrected chi connectivity index (χ0v) is 20.6. The van der Waals surface area contributed by atoms with Crippen LogP contribution < -0.4 is 5.32 Å². The second-order valence-electron chi connectivity index (χ2n) is 8.88. The molecule has 3 aromatic rings. The van der Waals surface area contributed by atoms with E-state index in [4.69, 9.17) is 4.74 Å². The summed E-state index contributed by atoms with van der Waals surface area (Å²) >= 11 is 1.43. The summed E-state index contributed by atoms with van der Waals surface area (Å²) in [5.74, 6) is -0.994. The maximum atomic E-state index is 13.5. The number of carbonyl (C=O) groups is 3. The molecule has 3 atom stereocenters. The lowest BCUT2D eigenvalue weighted by atomic mass is 9.97. The minimum absolute atomic E-state index is 0.193. The van der Waals surface area contributed by atoms with E-state index in [0.29, 0.717) is 0 Å². The average molecular weight is 499 g/mol. The minimum atomic E-state index is -0.832. The number of hydrogen-bond acceptors (Lipinski definition) is 5. The Morgan fingerprint density at radius 1 is 0.917 bits per heavy atom. The quantitative estimate of drug-likeness (QED) is 0.390. The molecular formula is C29H26N2O4S. The predicted octanol–water partition coefficient (Wildman–Crippen LogP) is 4.23. The van der Waals surface area contributed by atoms with Crippen LogP contribution in [0.3, 0.4) is 0 Å². The number of carbonyl (C=O) groups excluding carboxylic acids is 3. The molecule has 1 N–H and O–H groups in total. The van der Waals surface area contributed by atoms with Crippen molar-refractivity contribution < 1.29 is 19.1 Å². The first kappa shape index (κ1) is 23.9. The summed E-state index contributed by atoms with van der Waals surface area (Å²) in [4.78, 5) is 40.8. The number of amides is 2. The second kappa shape index (κ2) is 10.4. The maximum Gasteiger partial charge on any atom is 0.334 e. The first-order chi connectivity index (χ1) is 17.5. The van der Waals surface area contributed by atoms with Crippen molar-refractivity contribution in [3.8, 4) is 0 Å². The van der Waals surface area contributed by atoms with Gasteiger partial charge in [-0.1, -0.05) is 91.0 Å². The molecule has 36 heavy (non-hydrogen) atoms. The van der Waals surface area contributed by atoms with Gasteiger partial charge in [0.25, 0.3) is 0 Å². The molecule has 7 heteroatoms. The van der Waals surface area contributed by atoms with Crippen molar-refractivity contribution >= 4 is 29.5 Å². The molecular weight excluding hydrogens is 472 g/mol. The number of esters is 1. The lowest BCUT2D eigenvalue weighted by molar-refractivity contribution is -0.165. The van der Waals surface area contributed by atoms with E-state index < -0.39 is 24.2 Å². The van der Waals surface area contributed by atoms with Gasteiger partial charge in [0, 0.05) is 0 Å². The zero-order chi connectivity index (χ0) is 25.1. The Labute approximate surface area is 214 Å². The highest BCUT2D eigenvalue weighted by Crippen LogP contribution is 2.41. The van der Waals surface area contributed by atoms with E-state index in [1.807, 2.05) is 103 Å². The van der Waals surface area contributed by atoms with E-state index in [-0.39, 0.29) is 23.6 Å². The number of nitrogens with one attached hydrogen (secondary N) is 1. The van der Waals surface area contributed by atoms with E-state index in [9.17, 15) is 14.4 Å². The third-order valence-corrected chi connectivity index (χ3v) is 7.65. The van der Waals surface area contributed by atoms with Crippen LogP contribution in [0, 0.1) is 0 Å². The molecule has 1 saturated heterocycles. The highest BCUT2D eigenvalue weighted by molar-refractivity contribution is 8.02. The predicted molar refractivity (Wildman–Crippen MR) is 139 cm³/mol. The third-order valence-electron chi connectivity index (χ3n) is 6.37. The summed E-state index contributed by atoms with van der Waals surface area (Å²) < 4.78 is 6.06. The summed E-state index contributed by atoms with van der Waals surface area (Å²) in [6.07, 6.45) is -0.406. The first-order valence-electron chi connectivity index (χ1n) is 11.8. The van der Waals surface area contributed by atoms with Crippen LogP contribution in [0.1, 0.15) is 29.7 Å². The number of benzene rings is 3. The number of nitrogens with zero attached hydrogens (tertiary/aromatic N) is 1. The molecule has 6 nitrogen and oxygen atoms in total. The number of rotatable bonds is 7. The summed E-state index contributed by atoms with van der Waals surface area (Å²) in [7, 11) is 0. The minimum Gasteiger partial charge on any atom is -0.451 e. The summed E-state index contributed by atoms with van der Waals surface area (Å²) in [5, 5.41) is 4.38. The highest BCUT2D eigenvalue weighted by atomic mass is 32.2. The SMILES string of the molecule is CC1=CS[C@@H]2C(NC(=O)Cc3ccccc3)C(=O)N2C1C(=O)OC(c1ccccc1)c1ccccc1. The molecule has 2 unspecified atom stereocenters. The Bertz CT molecular complexity index is 1240. The third kappa shape index (κ3) is 4.79. The number of ether oxygens (including phenoxy) is 1.